The largest absolute Gasteiger partial charge is 0.458 e. The van der Waals surface area contributed by atoms with E-state index in [2.05, 4.69) is 335 Å². The molecule has 4 aliphatic heterocycles. The van der Waals surface area contributed by atoms with E-state index < -0.39 is 0 Å². The lowest BCUT2D eigenvalue weighted by Gasteiger charge is -2.43. The zero-order chi connectivity index (χ0) is 65.3. The van der Waals surface area contributed by atoms with Gasteiger partial charge in [-0.3, -0.25) is 0 Å². The minimum absolute atomic E-state index is 0.0113. The molecular formula is C86H83B2IN4O2. The number of unbranched alkanes of at least 4 members (excludes halogenated alkanes) is 3. The van der Waals surface area contributed by atoms with Crippen LogP contribution >= 0.6 is 22.6 Å². The molecular weight excluding hydrogens is 1270 g/mol. The molecule has 0 spiro atoms. The fourth-order valence-electron chi connectivity index (χ4n) is 15.0. The van der Waals surface area contributed by atoms with Crippen molar-refractivity contribution in [1.82, 2.24) is 0 Å². The van der Waals surface area contributed by atoms with E-state index in [1.165, 1.54) is 42.3 Å². The van der Waals surface area contributed by atoms with Gasteiger partial charge >= 0.3 is 0 Å². The van der Waals surface area contributed by atoms with Gasteiger partial charge in [-0.15, -0.1) is 0 Å². The standard InChI is InChI=1S/C86H83B2IN4O2/c1-10-13-20-57-27-39-63(40-28-57)90(66-49-37-62(89)38-50-66)69-51-77-83-81(53-69)94-79-56-80-74(55-73(79)87(83)71-23-16-18-25-75(71)92(77)67-41-29-58(30-42-67)21-14-11-2)88-72-24-17-19-26-76(72)93(68-43-31-59(32-44-68)22-15-12-3)78-52-70(54-82(95-80)84(78)88)91(64-45-33-60(34-46-64)85(4,5)6)65-47-35-61(36-48-65)86(7,8)9/h16-19,23-56H,10-15,20-22H2,1-9H3. The molecule has 15 rings (SSSR count). The van der Waals surface area contributed by atoms with E-state index >= 15 is 0 Å². The van der Waals surface area contributed by atoms with Crippen LogP contribution in [0.5, 0.6) is 23.0 Å². The van der Waals surface area contributed by atoms with Crippen LogP contribution in [-0.2, 0) is 30.1 Å². The van der Waals surface area contributed by atoms with E-state index in [-0.39, 0.29) is 24.3 Å². The van der Waals surface area contributed by atoms with Crippen molar-refractivity contribution in [2.75, 3.05) is 19.6 Å². The van der Waals surface area contributed by atoms with E-state index in [9.17, 15) is 0 Å². The number of para-hydroxylation sites is 2. The van der Waals surface area contributed by atoms with E-state index in [1.807, 2.05) is 0 Å². The first-order valence-corrected chi connectivity index (χ1v) is 35.7. The first-order chi connectivity index (χ1) is 46.1. The van der Waals surface area contributed by atoms with Crippen LogP contribution in [0.4, 0.5) is 68.2 Å². The third-order valence-electron chi connectivity index (χ3n) is 20.1. The normalized spacial score (nSPS) is 13.2. The Kier molecular flexibility index (Phi) is 16.6. The van der Waals surface area contributed by atoms with Gasteiger partial charge in [0.25, 0.3) is 13.4 Å². The number of ether oxygens (including phenoxy) is 2. The van der Waals surface area contributed by atoms with Crippen LogP contribution in [0.3, 0.4) is 0 Å². The van der Waals surface area contributed by atoms with Crippen LogP contribution in [-0.4, -0.2) is 13.4 Å². The summed E-state index contributed by atoms with van der Waals surface area (Å²) in [5.41, 5.74) is 26.7. The maximum absolute atomic E-state index is 7.69. The van der Waals surface area contributed by atoms with Crippen LogP contribution in [0.2, 0.25) is 0 Å². The average molecular weight is 1350 g/mol. The first kappa shape index (κ1) is 62.2. The summed E-state index contributed by atoms with van der Waals surface area (Å²) in [6.07, 6.45) is 10.1. The molecule has 11 aromatic rings. The molecule has 4 aliphatic rings. The maximum Gasteiger partial charge on any atom is 0.256 e. The number of benzene rings is 11. The van der Waals surface area contributed by atoms with Crippen LogP contribution in [0.25, 0.3) is 0 Å². The predicted molar refractivity (Wildman–Crippen MR) is 413 cm³/mol. The van der Waals surface area contributed by atoms with Gasteiger partial charge in [0, 0.05) is 78.6 Å². The molecule has 0 unspecified atom stereocenters. The summed E-state index contributed by atoms with van der Waals surface area (Å²) in [4.78, 5) is 9.82. The van der Waals surface area contributed by atoms with Crippen molar-refractivity contribution in [3.63, 3.8) is 0 Å². The zero-order valence-electron chi connectivity index (χ0n) is 56.4. The molecule has 0 saturated carbocycles. The van der Waals surface area contributed by atoms with Gasteiger partial charge in [-0.2, -0.15) is 0 Å². The second-order valence-electron chi connectivity index (χ2n) is 28.6. The zero-order valence-corrected chi connectivity index (χ0v) is 58.6. The highest BCUT2D eigenvalue weighted by Crippen LogP contribution is 2.50. The lowest BCUT2D eigenvalue weighted by Crippen LogP contribution is -2.63. The van der Waals surface area contributed by atoms with E-state index in [1.54, 1.807) is 0 Å². The van der Waals surface area contributed by atoms with E-state index in [4.69, 9.17) is 9.47 Å². The second kappa shape index (κ2) is 25.3. The number of halogens is 1. The lowest BCUT2D eigenvalue weighted by molar-refractivity contribution is 0.466. The van der Waals surface area contributed by atoms with Crippen LogP contribution in [0, 0.1) is 3.57 Å². The van der Waals surface area contributed by atoms with Crippen molar-refractivity contribution in [3.8, 4) is 23.0 Å². The molecule has 95 heavy (non-hydrogen) atoms. The van der Waals surface area contributed by atoms with Gasteiger partial charge in [0.15, 0.2) is 0 Å². The van der Waals surface area contributed by atoms with Crippen LogP contribution < -0.4 is 61.9 Å². The Labute approximate surface area is 577 Å². The van der Waals surface area contributed by atoms with Crippen molar-refractivity contribution >= 4 is 137 Å². The molecule has 0 saturated heterocycles. The minimum atomic E-state index is -0.175. The fraction of sp³-hybridized carbons (Fsp3) is 0.233. The third-order valence-corrected chi connectivity index (χ3v) is 20.8. The van der Waals surface area contributed by atoms with E-state index in [0.717, 1.165) is 171 Å². The van der Waals surface area contributed by atoms with Crippen molar-refractivity contribution < 1.29 is 9.47 Å². The number of hydrogen-bond donors (Lipinski definition) is 0. The number of anilines is 12. The molecule has 0 amide bonds. The summed E-state index contributed by atoms with van der Waals surface area (Å²) in [5.74, 6) is 3.24. The topological polar surface area (TPSA) is 31.4 Å². The highest BCUT2D eigenvalue weighted by atomic mass is 127. The third kappa shape index (κ3) is 11.6. The maximum atomic E-state index is 7.69. The quantitative estimate of drug-likeness (QED) is 0.0667. The van der Waals surface area contributed by atoms with Gasteiger partial charge in [-0.25, -0.2) is 0 Å². The van der Waals surface area contributed by atoms with Crippen molar-refractivity contribution in [2.24, 2.45) is 0 Å². The average Bonchev–Trinajstić information content (AvgIpc) is 0.698. The fourth-order valence-corrected chi connectivity index (χ4v) is 15.3. The van der Waals surface area contributed by atoms with Gasteiger partial charge in [-0.1, -0.05) is 185 Å². The second-order valence-corrected chi connectivity index (χ2v) is 29.8. The van der Waals surface area contributed by atoms with Crippen molar-refractivity contribution in [3.05, 3.63) is 262 Å². The van der Waals surface area contributed by atoms with Crippen molar-refractivity contribution in [2.45, 2.75) is 131 Å². The van der Waals surface area contributed by atoms with Gasteiger partial charge in [0.1, 0.15) is 23.0 Å². The summed E-state index contributed by atoms with van der Waals surface area (Å²) in [7, 11) is 0. The molecule has 0 N–H and O–H groups in total. The number of fused-ring (bicyclic) bond motifs is 8. The molecule has 0 radical (unpaired) electrons. The highest BCUT2D eigenvalue weighted by Gasteiger charge is 2.47. The summed E-state index contributed by atoms with van der Waals surface area (Å²) < 4.78 is 16.5. The Balaban J connectivity index is 0.943. The number of hydrogen-bond acceptors (Lipinski definition) is 6. The molecule has 0 atom stereocenters. The van der Waals surface area contributed by atoms with E-state index in [0.29, 0.717) is 0 Å². The lowest BCUT2D eigenvalue weighted by atomic mass is 9.31. The van der Waals surface area contributed by atoms with Gasteiger partial charge in [-0.05, 0) is 242 Å². The smallest absolute Gasteiger partial charge is 0.256 e. The molecule has 0 aliphatic carbocycles. The van der Waals surface area contributed by atoms with Gasteiger partial charge in [0.05, 0.1) is 11.4 Å². The van der Waals surface area contributed by atoms with Crippen LogP contribution in [0.1, 0.15) is 129 Å². The number of rotatable bonds is 17. The molecule has 4 heterocycles. The molecule has 0 bridgehead atoms. The molecule has 11 aromatic carbocycles. The highest BCUT2D eigenvalue weighted by molar-refractivity contribution is 14.1. The van der Waals surface area contributed by atoms with Gasteiger partial charge in [0.2, 0.25) is 0 Å². The summed E-state index contributed by atoms with van der Waals surface area (Å²) in [5, 5.41) is 0. The SMILES string of the molecule is CCCCc1ccc(N(c2ccc(I)cc2)c2cc3c4c(c2)N(c2ccc(CCCC)cc2)c2ccccc2B4c2cc4c(cc2O3)Oc2cc(N(c3ccc(C(C)(C)C)cc3)c3ccc(C(C)(C)C)cc3)cc3c2B4c2ccccc2N3c2ccc(CCCC)cc2)cc1. The molecule has 0 fully saturated rings. The van der Waals surface area contributed by atoms with Crippen molar-refractivity contribution in [1.29, 1.82) is 0 Å². The Bertz CT molecular complexity index is 4600. The first-order valence-electron chi connectivity index (χ1n) is 34.6. The predicted octanol–water partition coefficient (Wildman–Crippen LogP) is 20.7. The minimum Gasteiger partial charge on any atom is -0.458 e. The Morgan fingerprint density at radius 1 is 0.347 bits per heavy atom. The number of aryl methyl sites for hydroxylation is 3. The molecule has 0 aromatic heterocycles. The summed E-state index contributed by atoms with van der Waals surface area (Å²) in [6, 6.07) is 87.4. The molecule has 472 valence electrons. The Hall–Kier alpha value is -8.92. The summed E-state index contributed by atoms with van der Waals surface area (Å²) in [6.45, 7) is 20.2. The van der Waals surface area contributed by atoms with Crippen LogP contribution in [0.15, 0.2) is 231 Å². The molecule has 9 heteroatoms. The van der Waals surface area contributed by atoms with Gasteiger partial charge < -0.3 is 29.1 Å². The Morgan fingerprint density at radius 2 is 0.695 bits per heavy atom. The summed E-state index contributed by atoms with van der Waals surface area (Å²) >= 11 is 2.42. The monoisotopic (exact) mass is 1350 g/mol. The molecule has 6 nitrogen and oxygen atoms in total. The Morgan fingerprint density at radius 3 is 1.06 bits per heavy atom. The number of nitrogens with zero attached hydrogens (tertiary/aromatic N) is 4.